The summed E-state index contributed by atoms with van der Waals surface area (Å²) in [6.07, 6.45) is 4.10. The maximum atomic E-state index is 5.73. The van der Waals surface area contributed by atoms with Crippen LogP contribution in [0.2, 0.25) is 0 Å². The SMILES string of the molecule is CN1CCC(C)(CNc2nc(N)nc3[nH]ncc23)CC1. The van der Waals surface area contributed by atoms with Gasteiger partial charge in [-0.1, -0.05) is 6.92 Å². The number of H-pyrrole nitrogens is 1. The Labute approximate surface area is 118 Å². The summed E-state index contributed by atoms with van der Waals surface area (Å²) in [6.45, 7) is 5.50. The van der Waals surface area contributed by atoms with Crippen molar-refractivity contribution in [2.75, 3.05) is 37.7 Å². The molecule has 1 saturated heterocycles. The number of nitrogens with zero attached hydrogens (tertiary/aromatic N) is 4. The molecule has 0 unspecified atom stereocenters. The van der Waals surface area contributed by atoms with Gasteiger partial charge in [0.05, 0.1) is 11.6 Å². The number of piperidine rings is 1. The fourth-order valence-corrected chi connectivity index (χ4v) is 2.62. The van der Waals surface area contributed by atoms with Crippen molar-refractivity contribution in [3.63, 3.8) is 0 Å². The van der Waals surface area contributed by atoms with E-state index in [-0.39, 0.29) is 5.95 Å². The average molecular weight is 275 g/mol. The third-order valence-corrected chi connectivity index (χ3v) is 4.20. The Balaban J connectivity index is 1.75. The zero-order valence-corrected chi connectivity index (χ0v) is 12.0. The Morgan fingerprint density at radius 1 is 1.40 bits per heavy atom. The third kappa shape index (κ3) is 2.53. The number of nitrogens with one attached hydrogen (secondary N) is 2. The minimum absolute atomic E-state index is 0.262. The number of aromatic amines is 1. The predicted molar refractivity (Wildman–Crippen MR) is 79.4 cm³/mol. The molecule has 3 rings (SSSR count). The first-order valence-corrected chi connectivity index (χ1v) is 6.95. The van der Waals surface area contributed by atoms with Crippen molar-refractivity contribution in [2.24, 2.45) is 5.41 Å². The molecular formula is C13H21N7. The van der Waals surface area contributed by atoms with E-state index in [2.05, 4.69) is 44.4 Å². The lowest BCUT2D eigenvalue weighted by molar-refractivity contribution is 0.150. The van der Waals surface area contributed by atoms with Crippen molar-refractivity contribution < 1.29 is 0 Å². The quantitative estimate of drug-likeness (QED) is 0.775. The molecule has 7 heteroatoms. The number of fused-ring (bicyclic) bond motifs is 1. The molecule has 1 aliphatic heterocycles. The molecule has 1 fully saturated rings. The van der Waals surface area contributed by atoms with Crippen LogP contribution in [0, 0.1) is 5.41 Å². The van der Waals surface area contributed by atoms with E-state index in [0.717, 1.165) is 30.8 Å². The summed E-state index contributed by atoms with van der Waals surface area (Å²) in [5, 5.41) is 11.1. The number of hydrogen-bond donors (Lipinski definition) is 3. The number of rotatable bonds is 3. The Bertz CT molecular complexity index is 598. The largest absolute Gasteiger partial charge is 0.369 e. The lowest BCUT2D eigenvalue weighted by atomic mass is 9.80. The first kappa shape index (κ1) is 13.1. The van der Waals surface area contributed by atoms with Crippen LogP contribution in [0.3, 0.4) is 0 Å². The molecule has 0 radical (unpaired) electrons. The summed E-state index contributed by atoms with van der Waals surface area (Å²) in [5.41, 5.74) is 6.70. The topological polar surface area (TPSA) is 95.7 Å². The summed E-state index contributed by atoms with van der Waals surface area (Å²) in [7, 11) is 2.17. The van der Waals surface area contributed by atoms with Gasteiger partial charge in [0.2, 0.25) is 5.95 Å². The molecule has 0 aromatic carbocycles. The highest BCUT2D eigenvalue weighted by Crippen LogP contribution is 2.31. The molecule has 0 amide bonds. The summed E-state index contributed by atoms with van der Waals surface area (Å²) >= 11 is 0. The fraction of sp³-hybridized carbons (Fsp3) is 0.615. The van der Waals surface area contributed by atoms with Crippen LogP contribution in [-0.2, 0) is 0 Å². The number of aromatic nitrogens is 4. The first-order chi connectivity index (χ1) is 9.56. The number of hydrogen-bond acceptors (Lipinski definition) is 6. The van der Waals surface area contributed by atoms with Gasteiger partial charge in [-0.05, 0) is 38.4 Å². The molecular weight excluding hydrogens is 254 g/mol. The normalized spacial score (nSPS) is 19.3. The molecule has 0 bridgehead atoms. The molecule has 0 saturated carbocycles. The van der Waals surface area contributed by atoms with Gasteiger partial charge in [0.25, 0.3) is 0 Å². The van der Waals surface area contributed by atoms with E-state index in [4.69, 9.17) is 5.73 Å². The molecule has 3 heterocycles. The molecule has 0 aliphatic carbocycles. The van der Waals surface area contributed by atoms with E-state index >= 15 is 0 Å². The van der Waals surface area contributed by atoms with Crippen LogP contribution in [0.5, 0.6) is 0 Å². The van der Waals surface area contributed by atoms with Gasteiger partial charge in [0.15, 0.2) is 5.65 Å². The molecule has 108 valence electrons. The Morgan fingerprint density at radius 3 is 2.90 bits per heavy atom. The molecule has 7 nitrogen and oxygen atoms in total. The van der Waals surface area contributed by atoms with Crippen molar-refractivity contribution in [1.82, 2.24) is 25.1 Å². The van der Waals surface area contributed by atoms with Crippen molar-refractivity contribution >= 4 is 22.8 Å². The second-order valence-electron chi connectivity index (χ2n) is 6.03. The molecule has 20 heavy (non-hydrogen) atoms. The second-order valence-corrected chi connectivity index (χ2v) is 6.03. The van der Waals surface area contributed by atoms with Crippen molar-refractivity contribution in [3.05, 3.63) is 6.20 Å². The molecule has 0 atom stereocenters. The van der Waals surface area contributed by atoms with E-state index in [9.17, 15) is 0 Å². The van der Waals surface area contributed by atoms with Gasteiger partial charge in [-0.2, -0.15) is 15.1 Å². The van der Waals surface area contributed by atoms with Crippen LogP contribution in [0.15, 0.2) is 6.20 Å². The zero-order chi connectivity index (χ0) is 14.2. The monoisotopic (exact) mass is 275 g/mol. The van der Waals surface area contributed by atoms with Crippen LogP contribution >= 0.6 is 0 Å². The van der Waals surface area contributed by atoms with E-state index in [0.29, 0.717) is 11.1 Å². The number of nitrogen functional groups attached to an aromatic ring is 1. The van der Waals surface area contributed by atoms with Crippen LogP contribution in [-0.4, -0.2) is 51.7 Å². The third-order valence-electron chi connectivity index (χ3n) is 4.20. The van der Waals surface area contributed by atoms with Gasteiger partial charge in [-0.15, -0.1) is 0 Å². The zero-order valence-electron chi connectivity index (χ0n) is 12.0. The number of nitrogens with two attached hydrogens (primary N) is 1. The van der Waals surface area contributed by atoms with Crippen LogP contribution in [0.25, 0.3) is 11.0 Å². The predicted octanol–water partition coefficient (Wildman–Crippen LogP) is 1.08. The Hall–Kier alpha value is -1.89. The van der Waals surface area contributed by atoms with E-state index in [1.165, 1.54) is 12.8 Å². The van der Waals surface area contributed by atoms with Gasteiger partial charge in [-0.3, -0.25) is 5.10 Å². The van der Waals surface area contributed by atoms with Crippen molar-refractivity contribution in [1.29, 1.82) is 0 Å². The fourth-order valence-electron chi connectivity index (χ4n) is 2.62. The minimum atomic E-state index is 0.262. The smallest absolute Gasteiger partial charge is 0.224 e. The molecule has 4 N–H and O–H groups in total. The van der Waals surface area contributed by atoms with Crippen LogP contribution in [0.1, 0.15) is 19.8 Å². The summed E-state index contributed by atoms with van der Waals surface area (Å²) in [4.78, 5) is 10.8. The molecule has 2 aromatic rings. The van der Waals surface area contributed by atoms with Gasteiger partial charge >= 0.3 is 0 Å². The second kappa shape index (κ2) is 4.90. The van der Waals surface area contributed by atoms with E-state index in [1.807, 2.05) is 0 Å². The maximum absolute atomic E-state index is 5.73. The van der Waals surface area contributed by atoms with E-state index < -0.39 is 0 Å². The summed E-state index contributed by atoms with van der Waals surface area (Å²) < 4.78 is 0. The minimum Gasteiger partial charge on any atom is -0.369 e. The highest BCUT2D eigenvalue weighted by atomic mass is 15.2. The maximum Gasteiger partial charge on any atom is 0.224 e. The highest BCUT2D eigenvalue weighted by molar-refractivity contribution is 5.86. The van der Waals surface area contributed by atoms with Gasteiger partial charge < -0.3 is 16.0 Å². The molecule has 0 spiro atoms. The summed E-state index contributed by atoms with van der Waals surface area (Å²) in [5.74, 6) is 1.03. The van der Waals surface area contributed by atoms with Gasteiger partial charge in [0, 0.05) is 6.54 Å². The standard InChI is InChI=1S/C13H21N7/c1-13(3-5-20(2)6-4-13)8-15-10-9-7-16-19-11(9)18-12(14)17-10/h7H,3-6,8H2,1-2H3,(H4,14,15,16,17,18,19). The van der Waals surface area contributed by atoms with Crippen LogP contribution in [0.4, 0.5) is 11.8 Å². The Morgan fingerprint density at radius 2 is 2.15 bits per heavy atom. The lowest BCUT2D eigenvalue weighted by Gasteiger charge is -2.38. The lowest BCUT2D eigenvalue weighted by Crippen LogP contribution is -2.40. The van der Waals surface area contributed by atoms with Gasteiger partial charge in [0.1, 0.15) is 5.82 Å². The average Bonchev–Trinajstić information content (AvgIpc) is 2.88. The van der Waals surface area contributed by atoms with Gasteiger partial charge in [-0.25, -0.2) is 0 Å². The molecule has 2 aromatic heterocycles. The number of anilines is 2. The summed E-state index contributed by atoms with van der Waals surface area (Å²) in [6, 6.07) is 0. The van der Waals surface area contributed by atoms with E-state index in [1.54, 1.807) is 6.20 Å². The number of likely N-dealkylation sites (tertiary alicyclic amines) is 1. The van der Waals surface area contributed by atoms with Crippen LogP contribution < -0.4 is 11.1 Å². The Kier molecular flexibility index (Phi) is 3.21. The first-order valence-electron chi connectivity index (χ1n) is 6.95. The highest BCUT2D eigenvalue weighted by Gasteiger charge is 2.28. The molecule has 1 aliphatic rings. The van der Waals surface area contributed by atoms with Crippen molar-refractivity contribution in [3.8, 4) is 0 Å². The van der Waals surface area contributed by atoms with Crippen molar-refractivity contribution in [2.45, 2.75) is 19.8 Å².